The number of hydrogen-bond donors (Lipinski definition) is 1. The monoisotopic (exact) mass is 471 g/mol. The van der Waals surface area contributed by atoms with Gasteiger partial charge in [0, 0.05) is 37.2 Å². The van der Waals surface area contributed by atoms with E-state index in [1.54, 1.807) is 35.5 Å². The summed E-state index contributed by atoms with van der Waals surface area (Å²) in [6.45, 7) is 4.81. The number of nitrogen functional groups attached to an aromatic ring is 1. The van der Waals surface area contributed by atoms with Crippen LogP contribution >= 0.6 is 23.2 Å². The minimum Gasteiger partial charge on any atom is -0.474 e. The molecule has 2 N–H and O–H groups in total. The van der Waals surface area contributed by atoms with Crippen LogP contribution in [0.3, 0.4) is 0 Å². The Kier molecular flexibility index (Phi) is 6.48. The van der Waals surface area contributed by atoms with Crippen LogP contribution in [0, 0.1) is 12.8 Å². The van der Waals surface area contributed by atoms with E-state index >= 15 is 0 Å². The lowest BCUT2D eigenvalue weighted by molar-refractivity contribution is 0.0763. The van der Waals surface area contributed by atoms with Gasteiger partial charge in [-0.1, -0.05) is 29.3 Å². The molecule has 32 heavy (non-hydrogen) atoms. The fourth-order valence-corrected chi connectivity index (χ4v) is 4.28. The van der Waals surface area contributed by atoms with Crippen LogP contribution in [0.2, 0.25) is 10.0 Å². The molecule has 1 aromatic carbocycles. The summed E-state index contributed by atoms with van der Waals surface area (Å²) in [5.74, 6) is 0.307. The van der Waals surface area contributed by atoms with Crippen molar-refractivity contribution in [3.8, 4) is 5.88 Å². The lowest BCUT2D eigenvalue weighted by Crippen LogP contribution is -2.32. The van der Waals surface area contributed by atoms with Crippen molar-refractivity contribution >= 4 is 34.8 Å². The Morgan fingerprint density at radius 1 is 1.09 bits per heavy atom. The number of aryl methyl sites for hydroxylation is 1. The van der Waals surface area contributed by atoms with Crippen LogP contribution in [0.5, 0.6) is 5.88 Å². The first kappa shape index (κ1) is 22.3. The normalized spacial score (nSPS) is 19.1. The molecule has 7 nitrogen and oxygen atoms in total. The number of anilines is 1. The number of hydrogen-bond acceptors (Lipinski definition) is 6. The van der Waals surface area contributed by atoms with E-state index in [2.05, 4.69) is 15.0 Å². The van der Waals surface area contributed by atoms with Crippen LogP contribution in [0.15, 0.2) is 48.9 Å². The van der Waals surface area contributed by atoms with Gasteiger partial charge in [-0.15, -0.1) is 0 Å². The third kappa shape index (κ3) is 4.79. The van der Waals surface area contributed by atoms with Crippen LogP contribution in [0.4, 0.5) is 5.69 Å². The highest BCUT2D eigenvalue weighted by atomic mass is 35.5. The lowest BCUT2D eigenvalue weighted by Gasteiger charge is -2.25. The summed E-state index contributed by atoms with van der Waals surface area (Å²) >= 11 is 12.4. The highest BCUT2D eigenvalue weighted by Gasteiger charge is 2.41. The summed E-state index contributed by atoms with van der Waals surface area (Å²) in [5.41, 5.74) is 8.36. The Labute approximate surface area is 196 Å². The highest BCUT2D eigenvalue weighted by molar-refractivity contribution is 6.42. The molecule has 3 heterocycles. The van der Waals surface area contributed by atoms with Crippen molar-refractivity contribution in [3.05, 3.63) is 75.9 Å². The van der Waals surface area contributed by atoms with Crippen LogP contribution in [-0.2, 0) is 0 Å². The second-order valence-corrected chi connectivity index (χ2v) is 8.76. The molecule has 0 unspecified atom stereocenters. The van der Waals surface area contributed by atoms with E-state index in [0.29, 0.717) is 40.4 Å². The van der Waals surface area contributed by atoms with Crippen molar-refractivity contribution in [1.29, 1.82) is 0 Å². The summed E-state index contributed by atoms with van der Waals surface area (Å²) in [6, 6.07) is 9.06. The van der Waals surface area contributed by atoms with Gasteiger partial charge in [0.05, 0.1) is 33.8 Å². The summed E-state index contributed by atoms with van der Waals surface area (Å²) < 4.78 is 6.12. The van der Waals surface area contributed by atoms with Crippen molar-refractivity contribution in [3.63, 3.8) is 0 Å². The lowest BCUT2D eigenvalue weighted by atomic mass is 9.86. The second-order valence-electron chi connectivity index (χ2n) is 7.95. The van der Waals surface area contributed by atoms with E-state index in [9.17, 15) is 4.79 Å². The number of ether oxygens (including phenoxy) is 1. The van der Waals surface area contributed by atoms with Crippen molar-refractivity contribution < 1.29 is 9.53 Å². The number of pyridine rings is 1. The number of benzene rings is 1. The first-order valence-corrected chi connectivity index (χ1v) is 11.0. The maximum Gasteiger partial charge on any atom is 0.274 e. The summed E-state index contributed by atoms with van der Waals surface area (Å²) in [4.78, 5) is 27.6. The smallest absolute Gasteiger partial charge is 0.274 e. The van der Waals surface area contributed by atoms with Gasteiger partial charge >= 0.3 is 0 Å². The average Bonchev–Trinajstić information content (AvgIpc) is 3.23. The first-order valence-electron chi connectivity index (χ1n) is 10.2. The second kappa shape index (κ2) is 9.30. The van der Waals surface area contributed by atoms with Crippen molar-refractivity contribution in [2.45, 2.75) is 25.9 Å². The maximum atomic E-state index is 13.1. The Morgan fingerprint density at radius 2 is 1.91 bits per heavy atom. The largest absolute Gasteiger partial charge is 0.474 e. The third-order valence-electron chi connectivity index (χ3n) is 5.69. The number of halogens is 2. The fraction of sp³-hybridized carbons (Fsp3) is 0.304. The van der Waals surface area contributed by atoms with Gasteiger partial charge in [-0.05, 0) is 37.6 Å². The minimum atomic E-state index is -0.229. The molecule has 0 bridgehead atoms. The van der Waals surface area contributed by atoms with Crippen molar-refractivity contribution in [1.82, 2.24) is 19.9 Å². The van der Waals surface area contributed by atoms with Crippen LogP contribution < -0.4 is 10.5 Å². The molecule has 2 aromatic heterocycles. The van der Waals surface area contributed by atoms with E-state index in [1.165, 1.54) is 6.20 Å². The van der Waals surface area contributed by atoms with Gasteiger partial charge < -0.3 is 15.4 Å². The Hall–Kier alpha value is -2.90. The molecular formula is C23H23Cl2N5O2. The summed E-state index contributed by atoms with van der Waals surface area (Å²) in [7, 11) is 0. The fourth-order valence-electron chi connectivity index (χ4n) is 3.97. The van der Waals surface area contributed by atoms with Gasteiger partial charge in [-0.25, -0.2) is 9.97 Å². The average molecular weight is 472 g/mol. The predicted molar refractivity (Wildman–Crippen MR) is 124 cm³/mol. The van der Waals surface area contributed by atoms with Gasteiger partial charge in [0.25, 0.3) is 5.91 Å². The molecule has 1 saturated heterocycles. The van der Waals surface area contributed by atoms with Gasteiger partial charge in [0.15, 0.2) is 0 Å². The number of amides is 1. The van der Waals surface area contributed by atoms with Gasteiger partial charge in [-0.3, -0.25) is 9.78 Å². The third-order valence-corrected chi connectivity index (χ3v) is 6.43. The topological polar surface area (TPSA) is 94.2 Å². The molecule has 3 atom stereocenters. The molecule has 0 saturated carbocycles. The molecule has 0 spiro atoms. The zero-order valence-electron chi connectivity index (χ0n) is 17.7. The minimum absolute atomic E-state index is 0.00379. The maximum absolute atomic E-state index is 13.1. The Bertz CT molecular complexity index is 1110. The molecule has 1 amide bonds. The molecular weight excluding hydrogens is 449 g/mol. The van der Waals surface area contributed by atoms with Gasteiger partial charge in [0.1, 0.15) is 11.8 Å². The van der Waals surface area contributed by atoms with Crippen molar-refractivity contribution in [2.24, 2.45) is 5.92 Å². The van der Waals surface area contributed by atoms with Crippen molar-refractivity contribution in [2.75, 3.05) is 18.8 Å². The number of carbonyl (C=O) groups excluding carboxylic acids is 1. The summed E-state index contributed by atoms with van der Waals surface area (Å²) in [5, 5.41) is 0.967. The number of rotatable bonds is 5. The SMILES string of the molecule is Cc1cnc(C(=O)N2C[C@H]([C@H](C)Oc3ccc(N)cn3)[C@@H](c3ccc(Cl)c(Cl)c3)C2)cn1. The van der Waals surface area contributed by atoms with E-state index in [0.717, 1.165) is 11.3 Å². The number of aromatic nitrogens is 3. The molecule has 0 radical (unpaired) electrons. The predicted octanol–water partition coefficient (Wildman–Crippen LogP) is 4.39. The van der Waals surface area contributed by atoms with E-state index in [-0.39, 0.29) is 23.8 Å². The van der Waals surface area contributed by atoms with Gasteiger partial charge in [-0.2, -0.15) is 0 Å². The molecule has 0 aliphatic carbocycles. The first-order chi connectivity index (χ1) is 15.3. The zero-order valence-corrected chi connectivity index (χ0v) is 19.2. The van der Waals surface area contributed by atoms with Crippen LogP contribution in [0.1, 0.15) is 34.6 Å². The number of nitrogens with two attached hydrogens (primary N) is 1. The van der Waals surface area contributed by atoms with Crippen LogP contribution in [0.25, 0.3) is 0 Å². The highest BCUT2D eigenvalue weighted by Crippen LogP contribution is 2.38. The number of carbonyl (C=O) groups is 1. The molecule has 3 aromatic rings. The Balaban J connectivity index is 1.61. The zero-order chi connectivity index (χ0) is 22.8. The summed E-state index contributed by atoms with van der Waals surface area (Å²) in [6.07, 6.45) is 4.43. The standard InChI is InChI=1S/C23H23Cl2N5O2/c1-13-8-28-21(10-27-13)23(31)30-11-17(14(2)32-22-6-4-16(26)9-29-22)18(12-30)15-3-5-19(24)20(25)7-15/h3-10,14,17-18H,11-12,26H2,1-2H3/t14-,17+,18+/m0/s1. The number of nitrogens with zero attached hydrogens (tertiary/aromatic N) is 4. The Morgan fingerprint density at radius 3 is 2.56 bits per heavy atom. The van der Waals surface area contributed by atoms with Crippen LogP contribution in [-0.4, -0.2) is 45.0 Å². The molecule has 1 aliphatic rings. The van der Waals surface area contributed by atoms with Gasteiger partial charge in [0.2, 0.25) is 5.88 Å². The molecule has 1 fully saturated rings. The van der Waals surface area contributed by atoms with E-state index in [1.807, 2.05) is 26.0 Å². The molecule has 9 heteroatoms. The molecule has 166 valence electrons. The molecule has 4 rings (SSSR count). The molecule has 1 aliphatic heterocycles. The number of likely N-dealkylation sites (tertiary alicyclic amines) is 1. The van der Waals surface area contributed by atoms with E-state index < -0.39 is 0 Å². The van der Waals surface area contributed by atoms with E-state index in [4.69, 9.17) is 33.7 Å². The quantitative estimate of drug-likeness (QED) is 0.592.